The van der Waals surface area contributed by atoms with E-state index in [1.807, 2.05) is 13.8 Å². The van der Waals surface area contributed by atoms with Crippen LogP contribution in [0.25, 0.3) is 0 Å². The molecule has 0 aromatic carbocycles. The summed E-state index contributed by atoms with van der Waals surface area (Å²) >= 11 is 0. The summed E-state index contributed by atoms with van der Waals surface area (Å²) in [4.78, 5) is 10.4. The maximum atomic E-state index is 10.4. The molecule has 2 atom stereocenters. The van der Waals surface area contributed by atoms with Gasteiger partial charge in [0, 0.05) is 12.0 Å². The molecule has 0 radical (unpaired) electrons. The van der Waals surface area contributed by atoms with Crippen LogP contribution in [0, 0.1) is 5.92 Å². The van der Waals surface area contributed by atoms with Crippen LogP contribution in [-0.2, 0) is 4.79 Å². The van der Waals surface area contributed by atoms with E-state index in [0.717, 1.165) is 32.0 Å². The predicted octanol–water partition coefficient (Wildman–Crippen LogP) is 1.73. The Morgan fingerprint density at radius 1 is 1.45 bits per heavy atom. The Hall–Kier alpha value is -0.370. The van der Waals surface area contributed by atoms with Gasteiger partial charge in [-0.2, -0.15) is 0 Å². The highest BCUT2D eigenvalue weighted by Gasteiger charge is 2.03. The van der Waals surface area contributed by atoms with Gasteiger partial charge in [-0.25, -0.2) is 0 Å². The molecular formula is C9H19NO. The van der Waals surface area contributed by atoms with Gasteiger partial charge in [0.15, 0.2) is 0 Å². The van der Waals surface area contributed by atoms with Crippen LogP contribution >= 0.6 is 0 Å². The quantitative estimate of drug-likeness (QED) is 0.597. The second-order valence-electron chi connectivity index (χ2n) is 3.21. The summed E-state index contributed by atoms with van der Waals surface area (Å²) in [6.45, 7) is 4.05. The molecule has 2 unspecified atom stereocenters. The molecule has 0 heterocycles. The van der Waals surface area contributed by atoms with Gasteiger partial charge in [0.2, 0.25) is 0 Å². The van der Waals surface area contributed by atoms with Gasteiger partial charge in [-0.05, 0) is 26.2 Å². The van der Waals surface area contributed by atoms with Crippen molar-refractivity contribution in [2.24, 2.45) is 11.7 Å². The molecule has 0 aromatic heterocycles. The summed E-state index contributed by atoms with van der Waals surface area (Å²) in [5.74, 6) is 0.258. The van der Waals surface area contributed by atoms with E-state index in [0.29, 0.717) is 0 Å². The molecule has 11 heavy (non-hydrogen) atoms. The fourth-order valence-electron chi connectivity index (χ4n) is 1.07. The molecule has 0 bridgehead atoms. The van der Waals surface area contributed by atoms with Crippen molar-refractivity contribution < 1.29 is 4.79 Å². The van der Waals surface area contributed by atoms with Crippen LogP contribution in [0.2, 0.25) is 0 Å². The number of hydrogen-bond acceptors (Lipinski definition) is 2. The summed E-state index contributed by atoms with van der Waals surface area (Å²) in [5, 5.41) is 0. The number of hydrogen-bond donors (Lipinski definition) is 1. The first kappa shape index (κ1) is 10.6. The van der Waals surface area contributed by atoms with Crippen LogP contribution in [0.3, 0.4) is 0 Å². The second kappa shape index (κ2) is 6.35. The Bertz CT molecular complexity index is 102. The summed E-state index contributed by atoms with van der Waals surface area (Å²) in [6.07, 6.45) is 5.13. The summed E-state index contributed by atoms with van der Waals surface area (Å²) in [5.41, 5.74) is 5.57. The van der Waals surface area contributed by atoms with Crippen molar-refractivity contribution in [3.8, 4) is 0 Å². The van der Waals surface area contributed by atoms with Gasteiger partial charge in [-0.1, -0.05) is 13.3 Å². The molecule has 0 fully saturated rings. The molecule has 0 saturated carbocycles. The van der Waals surface area contributed by atoms with Crippen LogP contribution in [0.4, 0.5) is 0 Å². The highest BCUT2D eigenvalue weighted by molar-refractivity contribution is 5.53. The first-order valence-corrected chi connectivity index (χ1v) is 4.41. The number of aldehydes is 1. The Morgan fingerprint density at radius 3 is 2.45 bits per heavy atom. The monoisotopic (exact) mass is 157 g/mol. The third-order valence-electron chi connectivity index (χ3n) is 1.95. The molecule has 0 aliphatic rings. The third-order valence-corrected chi connectivity index (χ3v) is 1.95. The molecule has 66 valence electrons. The normalized spacial score (nSPS) is 15.9. The first-order chi connectivity index (χ1) is 5.20. The average Bonchev–Trinajstić information content (AvgIpc) is 1.98. The first-order valence-electron chi connectivity index (χ1n) is 4.41. The third kappa shape index (κ3) is 6.05. The molecular weight excluding hydrogens is 138 g/mol. The minimum Gasteiger partial charge on any atom is -0.328 e. The zero-order valence-electron chi connectivity index (χ0n) is 7.55. The Balaban J connectivity index is 3.28. The Morgan fingerprint density at radius 2 is 2.09 bits per heavy atom. The van der Waals surface area contributed by atoms with E-state index >= 15 is 0 Å². The number of nitrogens with two attached hydrogens (primary N) is 1. The van der Waals surface area contributed by atoms with Crippen molar-refractivity contribution in [1.82, 2.24) is 0 Å². The lowest BCUT2D eigenvalue weighted by molar-refractivity contribution is -0.111. The SMILES string of the molecule is CCC(C=O)CCCC(C)N. The van der Waals surface area contributed by atoms with E-state index in [1.165, 1.54) is 0 Å². The van der Waals surface area contributed by atoms with Crippen molar-refractivity contribution in [2.45, 2.75) is 45.6 Å². The maximum Gasteiger partial charge on any atom is 0.123 e. The molecule has 2 heteroatoms. The minimum atomic E-state index is 0.258. The molecule has 0 saturated heterocycles. The van der Waals surface area contributed by atoms with Crippen LogP contribution < -0.4 is 5.73 Å². The highest BCUT2D eigenvalue weighted by Crippen LogP contribution is 2.10. The molecule has 2 nitrogen and oxygen atoms in total. The molecule has 0 aromatic rings. The summed E-state index contributed by atoms with van der Waals surface area (Å²) in [6, 6.07) is 0.277. The van der Waals surface area contributed by atoms with Crippen LogP contribution in [-0.4, -0.2) is 12.3 Å². The Kier molecular flexibility index (Phi) is 6.13. The lowest BCUT2D eigenvalue weighted by atomic mass is 10.00. The zero-order valence-corrected chi connectivity index (χ0v) is 7.55. The highest BCUT2D eigenvalue weighted by atomic mass is 16.1. The fourth-order valence-corrected chi connectivity index (χ4v) is 1.07. The number of carbonyl (C=O) groups excluding carboxylic acids is 1. The molecule has 0 amide bonds. The number of carbonyl (C=O) groups is 1. The van der Waals surface area contributed by atoms with Gasteiger partial charge in [0.05, 0.1) is 0 Å². The van der Waals surface area contributed by atoms with Crippen molar-refractivity contribution in [1.29, 1.82) is 0 Å². The van der Waals surface area contributed by atoms with Gasteiger partial charge in [-0.15, -0.1) is 0 Å². The van der Waals surface area contributed by atoms with Crippen molar-refractivity contribution >= 4 is 6.29 Å². The smallest absolute Gasteiger partial charge is 0.123 e. The van der Waals surface area contributed by atoms with Crippen LogP contribution in [0.5, 0.6) is 0 Å². The van der Waals surface area contributed by atoms with Gasteiger partial charge in [-0.3, -0.25) is 0 Å². The van der Waals surface area contributed by atoms with Gasteiger partial charge in [0.1, 0.15) is 6.29 Å². The van der Waals surface area contributed by atoms with Crippen LogP contribution in [0.1, 0.15) is 39.5 Å². The van der Waals surface area contributed by atoms with Gasteiger partial charge >= 0.3 is 0 Å². The van der Waals surface area contributed by atoms with E-state index in [-0.39, 0.29) is 12.0 Å². The molecule has 2 N–H and O–H groups in total. The lowest BCUT2D eigenvalue weighted by Crippen LogP contribution is -2.14. The zero-order chi connectivity index (χ0) is 8.69. The molecule has 0 spiro atoms. The minimum absolute atomic E-state index is 0.258. The van der Waals surface area contributed by atoms with Crippen molar-refractivity contribution in [2.75, 3.05) is 0 Å². The van der Waals surface area contributed by atoms with Crippen LogP contribution in [0.15, 0.2) is 0 Å². The average molecular weight is 157 g/mol. The summed E-state index contributed by atoms with van der Waals surface area (Å²) < 4.78 is 0. The fraction of sp³-hybridized carbons (Fsp3) is 0.889. The standard InChI is InChI=1S/C9H19NO/c1-3-9(7-11)6-4-5-8(2)10/h7-9H,3-6,10H2,1-2H3. The largest absolute Gasteiger partial charge is 0.328 e. The number of rotatable bonds is 6. The van der Waals surface area contributed by atoms with Gasteiger partial charge < -0.3 is 10.5 Å². The lowest BCUT2D eigenvalue weighted by Gasteiger charge is -2.07. The second-order valence-corrected chi connectivity index (χ2v) is 3.21. The predicted molar refractivity (Wildman–Crippen MR) is 47.3 cm³/mol. The van der Waals surface area contributed by atoms with E-state index in [4.69, 9.17) is 5.73 Å². The van der Waals surface area contributed by atoms with Crippen molar-refractivity contribution in [3.63, 3.8) is 0 Å². The van der Waals surface area contributed by atoms with E-state index in [1.54, 1.807) is 0 Å². The van der Waals surface area contributed by atoms with E-state index < -0.39 is 0 Å². The molecule has 0 aliphatic heterocycles. The van der Waals surface area contributed by atoms with Gasteiger partial charge in [0.25, 0.3) is 0 Å². The van der Waals surface area contributed by atoms with E-state index in [9.17, 15) is 4.79 Å². The van der Waals surface area contributed by atoms with E-state index in [2.05, 4.69) is 0 Å². The van der Waals surface area contributed by atoms with Crippen molar-refractivity contribution in [3.05, 3.63) is 0 Å². The maximum absolute atomic E-state index is 10.4. The molecule has 0 rings (SSSR count). The summed E-state index contributed by atoms with van der Waals surface area (Å²) in [7, 11) is 0. The molecule has 0 aliphatic carbocycles. The Labute approximate surface area is 69.2 Å². The topological polar surface area (TPSA) is 43.1 Å².